The summed E-state index contributed by atoms with van der Waals surface area (Å²) in [7, 11) is -2.92. The summed E-state index contributed by atoms with van der Waals surface area (Å²) in [6.45, 7) is 4.25. The minimum absolute atomic E-state index is 0.0296. The van der Waals surface area contributed by atoms with Crippen molar-refractivity contribution in [3.8, 4) is 0 Å². The molecule has 18 heavy (non-hydrogen) atoms. The molecule has 2 rings (SSSR count). The van der Waals surface area contributed by atoms with Crippen LogP contribution in [0.15, 0.2) is 0 Å². The third kappa shape index (κ3) is 3.03. The van der Waals surface area contributed by atoms with E-state index in [4.69, 9.17) is 0 Å². The van der Waals surface area contributed by atoms with Crippen molar-refractivity contribution in [2.24, 2.45) is 5.92 Å². The van der Waals surface area contributed by atoms with Gasteiger partial charge in [0.15, 0.2) is 9.84 Å². The number of nitrogens with one attached hydrogen (secondary N) is 1. The first-order valence-electron chi connectivity index (χ1n) is 6.75. The summed E-state index contributed by atoms with van der Waals surface area (Å²) < 4.78 is 23.0. The van der Waals surface area contributed by atoms with Crippen LogP contribution in [0.2, 0.25) is 0 Å². The van der Waals surface area contributed by atoms with E-state index in [1.165, 1.54) is 0 Å². The Morgan fingerprint density at radius 2 is 2.17 bits per heavy atom. The Balaban J connectivity index is 2.01. The molecular formula is C12H22N2O3S. The molecule has 6 heteroatoms. The molecule has 0 radical (unpaired) electrons. The van der Waals surface area contributed by atoms with Crippen LogP contribution in [0.3, 0.4) is 0 Å². The molecule has 2 fully saturated rings. The van der Waals surface area contributed by atoms with E-state index in [-0.39, 0.29) is 29.4 Å². The van der Waals surface area contributed by atoms with Crippen molar-refractivity contribution >= 4 is 15.7 Å². The Morgan fingerprint density at radius 1 is 1.39 bits per heavy atom. The molecule has 0 spiro atoms. The Bertz CT molecular complexity index is 402. The normalized spacial score (nSPS) is 31.2. The van der Waals surface area contributed by atoms with Crippen LogP contribution in [0.5, 0.6) is 0 Å². The summed E-state index contributed by atoms with van der Waals surface area (Å²) in [6, 6.07) is -0.102. The zero-order chi connectivity index (χ0) is 13.2. The molecule has 2 aliphatic rings. The van der Waals surface area contributed by atoms with E-state index in [2.05, 4.69) is 5.32 Å². The lowest BCUT2D eigenvalue weighted by molar-refractivity contribution is -0.137. The first-order chi connectivity index (χ1) is 8.53. The maximum atomic E-state index is 12.4. The monoisotopic (exact) mass is 274 g/mol. The van der Waals surface area contributed by atoms with Gasteiger partial charge in [-0.1, -0.05) is 0 Å². The maximum absolute atomic E-state index is 12.4. The van der Waals surface area contributed by atoms with E-state index in [0.29, 0.717) is 13.0 Å². The average Bonchev–Trinajstić information content (AvgIpc) is 2.71. The van der Waals surface area contributed by atoms with Gasteiger partial charge in [0, 0.05) is 19.1 Å². The second kappa shape index (κ2) is 5.57. The summed E-state index contributed by atoms with van der Waals surface area (Å²) in [5, 5.41) is 3.24. The highest BCUT2D eigenvalue weighted by Gasteiger charge is 2.36. The lowest BCUT2D eigenvalue weighted by atomic mass is 9.97. The second-order valence-corrected chi connectivity index (χ2v) is 7.45. The summed E-state index contributed by atoms with van der Waals surface area (Å²) in [6.07, 6.45) is 2.54. The SMILES string of the molecule is CCN(C(=O)[C@H]1CCCNC1)C1CCS(=O)(=O)C1. The van der Waals surface area contributed by atoms with E-state index in [0.717, 1.165) is 25.9 Å². The van der Waals surface area contributed by atoms with Gasteiger partial charge in [-0.2, -0.15) is 0 Å². The average molecular weight is 274 g/mol. The molecule has 0 aromatic heterocycles. The number of sulfone groups is 1. The van der Waals surface area contributed by atoms with Gasteiger partial charge in [0.2, 0.25) is 5.91 Å². The van der Waals surface area contributed by atoms with Crippen LogP contribution in [0.4, 0.5) is 0 Å². The third-order valence-corrected chi connectivity index (χ3v) is 5.67. The van der Waals surface area contributed by atoms with E-state index in [1.54, 1.807) is 4.90 Å². The molecule has 5 nitrogen and oxygen atoms in total. The summed E-state index contributed by atoms with van der Waals surface area (Å²) in [5.41, 5.74) is 0. The molecule has 0 bridgehead atoms. The summed E-state index contributed by atoms with van der Waals surface area (Å²) in [4.78, 5) is 14.2. The Labute approximate surface area is 109 Å². The van der Waals surface area contributed by atoms with Gasteiger partial charge in [-0.3, -0.25) is 4.79 Å². The van der Waals surface area contributed by atoms with Crippen molar-refractivity contribution in [3.63, 3.8) is 0 Å². The molecule has 104 valence electrons. The summed E-state index contributed by atoms with van der Waals surface area (Å²) in [5.74, 6) is 0.533. The number of amides is 1. The van der Waals surface area contributed by atoms with Crippen LogP contribution >= 0.6 is 0 Å². The quantitative estimate of drug-likeness (QED) is 0.788. The first kappa shape index (κ1) is 13.8. The van der Waals surface area contributed by atoms with Crippen molar-refractivity contribution in [1.29, 1.82) is 0 Å². The molecule has 1 N–H and O–H groups in total. The molecule has 2 atom stereocenters. The number of carbonyl (C=O) groups excluding carboxylic acids is 1. The van der Waals surface area contributed by atoms with Crippen LogP contribution in [-0.4, -0.2) is 56.4 Å². The van der Waals surface area contributed by atoms with E-state index >= 15 is 0 Å². The van der Waals surface area contributed by atoms with Crippen LogP contribution in [0.1, 0.15) is 26.2 Å². The number of piperidine rings is 1. The largest absolute Gasteiger partial charge is 0.339 e. The molecular weight excluding hydrogens is 252 g/mol. The number of rotatable bonds is 3. The lowest BCUT2D eigenvalue weighted by Gasteiger charge is -2.32. The van der Waals surface area contributed by atoms with Gasteiger partial charge in [0.05, 0.1) is 17.4 Å². The number of nitrogens with zero attached hydrogens (tertiary/aromatic N) is 1. The van der Waals surface area contributed by atoms with Crippen molar-refractivity contribution in [2.45, 2.75) is 32.2 Å². The van der Waals surface area contributed by atoms with E-state index < -0.39 is 9.84 Å². The molecule has 1 unspecified atom stereocenters. The van der Waals surface area contributed by atoms with Crippen LogP contribution < -0.4 is 5.32 Å². The van der Waals surface area contributed by atoms with Gasteiger partial charge in [0.25, 0.3) is 0 Å². The molecule has 0 aromatic rings. The van der Waals surface area contributed by atoms with Crippen molar-refractivity contribution in [3.05, 3.63) is 0 Å². The van der Waals surface area contributed by atoms with Crippen molar-refractivity contribution in [1.82, 2.24) is 10.2 Å². The first-order valence-corrected chi connectivity index (χ1v) is 8.57. The lowest BCUT2D eigenvalue weighted by Crippen LogP contribution is -2.47. The zero-order valence-electron chi connectivity index (χ0n) is 10.9. The van der Waals surface area contributed by atoms with Gasteiger partial charge < -0.3 is 10.2 Å². The smallest absolute Gasteiger partial charge is 0.227 e. The fourth-order valence-electron chi connectivity index (χ4n) is 2.91. The van der Waals surface area contributed by atoms with Crippen LogP contribution in [-0.2, 0) is 14.6 Å². The highest BCUT2D eigenvalue weighted by molar-refractivity contribution is 7.91. The number of hydrogen-bond donors (Lipinski definition) is 1. The van der Waals surface area contributed by atoms with Crippen LogP contribution in [0, 0.1) is 5.92 Å². The topological polar surface area (TPSA) is 66.5 Å². The second-order valence-electron chi connectivity index (χ2n) is 5.22. The minimum atomic E-state index is -2.92. The maximum Gasteiger partial charge on any atom is 0.227 e. The Hall–Kier alpha value is -0.620. The predicted octanol–water partition coefficient (Wildman–Crippen LogP) is 0.0216. The van der Waals surface area contributed by atoms with Crippen molar-refractivity contribution < 1.29 is 13.2 Å². The van der Waals surface area contributed by atoms with E-state index in [1.807, 2.05) is 6.92 Å². The molecule has 2 saturated heterocycles. The highest BCUT2D eigenvalue weighted by Crippen LogP contribution is 2.21. The summed E-state index contributed by atoms with van der Waals surface area (Å²) >= 11 is 0. The molecule has 0 saturated carbocycles. The number of carbonyl (C=O) groups is 1. The van der Waals surface area contributed by atoms with Gasteiger partial charge >= 0.3 is 0 Å². The van der Waals surface area contributed by atoms with E-state index in [9.17, 15) is 13.2 Å². The molecule has 0 aliphatic carbocycles. The Kier molecular flexibility index (Phi) is 4.27. The molecule has 2 heterocycles. The molecule has 2 aliphatic heterocycles. The minimum Gasteiger partial charge on any atom is -0.339 e. The highest BCUT2D eigenvalue weighted by atomic mass is 32.2. The molecule has 0 aromatic carbocycles. The van der Waals surface area contributed by atoms with Gasteiger partial charge in [0.1, 0.15) is 0 Å². The fourth-order valence-corrected chi connectivity index (χ4v) is 4.64. The fraction of sp³-hybridized carbons (Fsp3) is 0.917. The zero-order valence-corrected chi connectivity index (χ0v) is 11.7. The van der Waals surface area contributed by atoms with Gasteiger partial charge in [-0.15, -0.1) is 0 Å². The third-order valence-electron chi connectivity index (χ3n) is 3.92. The number of hydrogen-bond acceptors (Lipinski definition) is 4. The van der Waals surface area contributed by atoms with Gasteiger partial charge in [-0.05, 0) is 32.7 Å². The van der Waals surface area contributed by atoms with Crippen molar-refractivity contribution in [2.75, 3.05) is 31.1 Å². The van der Waals surface area contributed by atoms with Gasteiger partial charge in [-0.25, -0.2) is 8.42 Å². The standard InChI is InChI=1S/C12H22N2O3S/c1-2-14(11-5-7-18(16,17)9-11)12(15)10-4-3-6-13-8-10/h10-11,13H,2-9H2,1H3/t10-,11?/m0/s1. The van der Waals surface area contributed by atoms with Crippen LogP contribution in [0.25, 0.3) is 0 Å². The molecule has 1 amide bonds. The Morgan fingerprint density at radius 3 is 2.67 bits per heavy atom. The predicted molar refractivity (Wildman–Crippen MR) is 70.0 cm³/mol.